The van der Waals surface area contributed by atoms with Crippen LogP contribution in [0.1, 0.15) is 27.0 Å². The van der Waals surface area contributed by atoms with E-state index >= 15 is 0 Å². The number of benzene rings is 2. The summed E-state index contributed by atoms with van der Waals surface area (Å²) < 4.78 is 29.8. The number of alkyl halides is 2. The first-order valence-electron chi connectivity index (χ1n) is 10.9. The normalized spacial score (nSPS) is 21.1. The van der Waals surface area contributed by atoms with Crippen molar-refractivity contribution >= 4 is 82.4 Å². The van der Waals surface area contributed by atoms with Gasteiger partial charge in [-0.3, -0.25) is 24.5 Å². The van der Waals surface area contributed by atoms with Crippen LogP contribution in [0.3, 0.4) is 0 Å². The van der Waals surface area contributed by atoms with Gasteiger partial charge in [-0.1, -0.05) is 35.9 Å². The van der Waals surface area contributed by atoms with Crippen LogP contribution in [0.4, 0.5) is 8.78 Å². The first-order valence-corrected chi connectivity index (χ1v) is 11.3. The quantitative estimate of drug-likeness (QED) is 0.440. The van der Waals surface area contributed by atoms with Gasteiger partial charge < -0.3 is 9.71 Å². The molecule has 0 aliphatic carbocycles. The summed E-state index contributed by atoms with van der Waals surface area (Å²) in [6.45, 7) is -0.229. The van der Waals surface area contributed by atoms with Crippen LogP contribution >= 0.6 is 11.6 Å². The molecule has 0 aromatic heterocycles. The molecule has 0 bridgehead atoms. The van der Waals surface area contributed by atoms with Crippen molar-refractivity contribution in [3.05, 3.63) is 69.7 Å². The summed E-state index contributed by atoms with van der Waals surface area (Å²) in [5.41, 5.74) is -0.435. The fourth-order valence-electron chi connectivity index (χ4n) is 4.26. The SMILES string of the molecule is [B]C1C(N2Cc3cc(C([B])([B])N([B])C(=O)C(F)(F)c4ccc(Cl)cc4)ccc3C2=O)C(=O)NC(=O)C1([B])[B]. The van der Waals surface area contributed by atoms with Gasteiger partial charge in [-0.25, -0.2) is 0 Å². The zero-order valence-electron chi connectivity index (χ0n) is 19.5. The number of carbonyl (C=O) groups excluding carboxylic acids is 4. The van der Waals surface area contributed by atoms with Gasteiger partial charge in [0.1, 0.15) is 6.04 Å². The number of hydrogen-bond donors (Lipinski definition) is 1. The molecule has 2 unspecified atom stereocenters. The van der Waals surface area contributed by atoms with Gasteiger partial charge in [-0.05, 0) is 45.7 Å². The molecule has 2 aromatic carbocycles. The Morgan fingerprint density at radius 3 is 2.26 bits per heavy atom. The van der Waals surface area contributed by atoms with E-state index in [2.05, 4.69) is 0 Å². The summed E-state index contributed by atoms with van der Waals surface area (Å²) in [5, 5.41) is -2.43. The van der Waals surface area contributed by atoms with Crippen LogP contribution in [-0.4, -0.2) is 86.6 Å². The lowest BCUT2D eigenvalue weighted by atomic mass is 9.40. The van der Waals surface area contributed by atoms with Crippen LogP contribution in [0.25, 0.3) is 0 Å². The topological polar surface area (TPSA) is 86.8 Å². The molecule has 2 aliphatic heterocycles. The molecule has 4 amide bonds. The minimum Gasteiger partial charge on any atom is -0.398 e. The zero-order chi connectivity index (χ0) is 28.4. The summed E-state index contributed by atoms with van der Waals surface area (Å²) in [7, 11) is 35.3. The van der Waals surface area contributed by atoms with Gasteiger partial charge in [0, 0.05) is 22.7 Å². The molecular formula is C22H12B6ClF2N3O4. The van der Waals surface area contributed by atoms with Gasteiger partial charge >= 0.3 is 5.92 Å². The van der Waals surface area contributed by atoms with Gasteiger partial charge in [-0.15, -0.1) is 0 Å². The van der Waals surface area contributed by atoms with Crippen molar-refractivity contribution in [1.82, 2.24) is 15.0 Å². The van der Waals surface area contributed by atoms with Crippen molar-refractivity contribution < 1.29 is 28.0 Å². The van der Waals surface area contributed by atoms with E-state index in [0.717, 1.165) is 17.0 Å². The molecule has 4 rings (SSSR count). The number of nitrogens with one attached hydrogen (secondary N) is 1. The van der Waals surface area contributed by atoms with Crippen LogP contribution < -0.4 is 5.32 Å². The molecule has 1 saturated heterocycles. The Bertz CT molecular complexity index is 1360. The molecular weight excluding hydrogens is 509 g/mol. The first-order chi connectivity index (χ1) is 17.5. The average Bonchev–Trinajstić information content (AvgIpc) is 3.17. The minimum absolute atomic E-state index is 0.00875. The van der Waals surface area contributed by atoms with E-state index in [1.54, 1.807) is 0 Å². The third-order valence-corrected chi connectivity index (χ3v) is 6.87. The van der Waals surface area contributed by atoms with Crippen LogP contribution in [0.15, 0.2) is 42.5 Å². The number of imide groups is 1. The van der Waals surface area contributed by atoms with E-state index in [1.165, 1.54) is 30.3 Å². The number of hydrogen-bond acceptors (Lipinski definition) is 4. The van der Waals surface area contributed by atoms with Gasteiger partial charge in [0.15, 0.2) is 0 Å². The summed E-state index contributed by atoms with van der Waals surface area (Å²) in [6.07, 6.45) is 0. The number of carbonyl (C=O) groups is 4. The lowest BCUT2D eigenvalue weighted by Gasteiger charge is -2.44. The summed E-state index contributed by atoms with van der Waals surface area (Å²) in [6, 6.07) is 6.61. The van der Waals surface area contributed by atoms with Crippen molar-refractivity contribution in [3.63, 3.8) is 0 Å². The van der Waals surface area contributed by atoms with Gasteiger partial charge in [0.05, 0.1) is 39.2 Å². The fraction of sp³-hybridized carbons (Fsp3) is 0.273. The average molecular weight is 521 g/mol. The van der Waals surface area contributed by atoms with Crippen LogP contribution in [0.2, 0.25) is 16.1 Å². The highest BCUT2D eigenvalue weighted by molar-refractivity contribution is 6.56. The molecule has 178 valence electrons. The standard InChI is InChI=1S/C22H12B6ClF2N3O4/c23-15-14(16(35)32-18(37)20(15,24)25)33-8-9-7-11(3-6-13(9)17(33)36)22(26,27)34(28)19(38)21(30,31)10-1-4-12(29)5-2-10/h1-7,14-15H,8H2,(H,32,35,37). The highest BCUT2D eigenvalue weighted by Gasteiger charge is 2.50. The molecule has 2 aromatic rings. The van der Waals surface area contributed by atoms with Crippen LogP contribution in [0, 0.1) is 0 Å². The predicted molar refractivity (Wildman–Crippen MR) is 138 cm³/mol. The van der Waals surface area contributed by atoms with Crippen LogP contribution in [0.5, 0.6) is 0 Å². The summed E-state index contributed by atoms with van der Waals surface area (Å²) in [5.74, 6) is -9.99. The Morgan fingerprint density at radius 2 is 1.66 bits per heavy atom. The maximum atomic E-state index is 14.9. The first kappa shape index (κ1) is 28.1. The number of rotatable bonds is 5. The van der Waals surface area contributed by atoms with Crippen molar-refractivity contribution in [2.24, 2.45) is 0 Å². The second-order valence-corrected chi connectivity index (χ2v) is 9.55. The van der Waals surface area contributed by atoms with Crippen molar-refractivity contribution in [2.45, 2.75) is 34.9 Å². The lowest BCUT2D eigenvalue weighted by Crippen LogP contribution is -2.61. The second kappa shape index (κ2) is 9.36. The molecule has 2 aliphatic rings. The Balaban J connectivity index is 1.61. The Labute approximate surface area is 229 Å². The van der Waals surface area contributed by atoms with E-state index in [4.69, 9.17) is 58.8 Å². The van der Waals surface area contributed by atoms with Crippen LogP contribution in [-0.2, 0) is 32.2 Å². The van der Waals surface area contributed by atoms with Crippen molar-refractivity contribution in [2.75, 3.05) is 0 Å². The molecule has 0 spiro atoms. The Morgan fingerprint density at radius 1 is 1.08 bits per heavy atom. The third kappa shape index (κ3) is 4.38. The van der Waals surface area contributed by atoms with Crippen molar-refractivity contribution in [1.29, 1.82) is 0 Å². The molecule has 7 nitrogen and oxygen atoms in total. The second-order valence-electron chi connectivity index (χ2n) is 9.11. The summed E-state index contributed by atoms with van der Waals surface area (Å²) >= 11 is 5.72. The number of amides is 4. The van der Waals surface area contributed by atoms with E-state index < -0.39 is 57.5 Å². The smallest absolute Gasteiger partial charge is 0.348 e. The predicted octanol–water partition coefficient (Wildman–Crippen LogP) is -0.118. The van der Waals surface area contributed by atoms with E-state index in [0.29, 0.717) is 0 Å². The minimum atomic E-state index is -4.11. The molecule has 0 saturated carbocycles. The monoisotopic (exact) mass is 521 g/mol. The maximum absolute atomic E-state index is 14.9. The molecule has 12 radical (unpaired) electrons. The summed E-state index contributed by atoms with van der Waals surface area (Å²) in [4.78, 5) is 51.2. The Hall–Kier alpha value is -2.94. The van der Waals surface area contributed by atoms with Gasteiger partial charge in [-0.2, -0.15) is 8.78 Å². The van der Waals surface area contributed by atoms with E-state index in [1.807, 2.05) is 5.32 Å². The van der Waals surface area contributed by atoms with Crippen molar-refractivity contribution in [3.8, 4) is 0 Å². The lowest BCUT2D eigenvalue weighted by molar-refractivity contribution is -0.155. The van der Waals surface area contributed by atoms with E-state index in [9.17, 15) is 28.0 Å². The zero-order valence-corrected chi connectivity index (χ0v) is 20.3. The highest BCUT2D eigenvalue weighted by Crippen LogP contribution is 2.42. The molecule has 16 heteroatoms. The molecule has 2 heterocycles. The maximum Gasteiger partial charge on any atom is 0.348 e. The third-order valence-electron chi connectivity index (χ3n) is 6.62. The fourth-order valence-corrected chi connectivity index (χ4v) is 4.39. The molecule has 1 N–H and O–H groups in total. The van der Waals surface area contributed by atoms with Gasteiger partial charge in [0.2, 0.25) is 19.8 Å². The van der Waals surface area contributed by atoms with E-state index in [-0.39, 0.29) is 33.1 Å². The number of nitrogens with zero attached hydrogens (tertiary/aromatic N) is 2. The van der Waals surface area contributed by atoms with Gasteiger partial charge in [0.25, 0.3) is 11.8 Å². The number of halogens is 3. The largest absolute Gasteiger partial charge is 0.398 e. The molecule has 1 fully saturated rings. The highest BCUT2D eigenvalue weighted by atomic mass is 35.5. The number of fused-ring (bicyclic) bond motifs is 1. The number of piperidine rings is 1. The Kier molecular flexibility index (Phi) is 6.92. The molecule has 2 atom stereocenters. The molecule has 38 heavy (non-hydrogen) atoms.